The molecule has 0 bridgehead atoms. The molecule has 104 valence electrons. The Morgan fingerprint density at radius 1 is 1.37 bits per heavy atom. The van der Waals surface area contributed by atoms with Crippen LogP contribution in [-0.2, 0) is 4.79 Å². The van der Waals surface area contributed by atoms with E-state index in [4.69, 9.17) is 11.6 Å². The summed E-state index contributed by atoms with van der Waals surface area (Å²) in [5.41, 5.74) is 0.657. The van der Waals surface area contributed by atoms with Crippen LogP contribution < -0.4 is 5.32 Å². The first-order valence-electron chi connectivity index (χ1n) is 6.58. The predicted molar refractivity (Wildman–Crippen MR) is 74.9 cm³/mol. The lowest BCUT2D eigenvalue weighted by atomic mass is 10.1. The summed E-state index contributed by atoms with van der Waals surface area (Å²) in [6, 6.07) is 4.04. The van der Waals surface area contributed by atoms with Gasteiger partial charge in [-0.05, 0) is 44.4 Å². The number of carbonyl (C=O) groups is 1. The summed E-state index contributed by atoms with van der Waals surface area (Å²) in [4.78, 5) is 14.1. The Hall–Kier alpha value is -1.29. The number of nitrogens with one attached hydrogen (secondary N) is 1. The van der Waals surface area contributed by atoms with Crippen molar-refractivity contribution in [3.8, 4) is 0 Å². The lowest BCUT2D eigenvalue weighted by Gasteiger charge is -2.29. The van der Waals surface area contributed by atoms with E-state index < -0.39 is 5.82 Å². The summed E-state index contributed by atoms with van der Waals surface area (Å²) >= 11 is 5.72. The summed E-state index contributed by atoms with van der Waals surface area (Å²) in [5, 5.41) is 3.12. The molecule has 1 heterocycles. The van der Waals surface area contributed by atoms with E-state index >= 15 is 0 Å². The van der Waals surface area contributed by atoms with Gasteiger partial charge in [-0.15, -0.1) is 0 Å². The van der Waals surface area contributed by atoms with Crippen molar-refractivity contribution in [1.82, 2.24) is 4.90 Å². The number of anilines is 1. The Kier molecular flexibility index (Phi) is 4.64. The van der Waals surface area contributed by atoms with Crippen LogP contribution in [0.15, 0.2) is 18.2 Å². The largest absolute Gasteiger partial charge is 0.374 e. The number of likely N-dealkylation sites (tertiary alicyclic amines) is 1. The first-order chi connectivity index (χ1) is 9.08. The van der Waals surface area contributed by atoms with Gasteiger partial charge in [0.1, 0.15) is 11.9 Å². The van der Waals surface area contributed by atoms with E-state index in [9.17, 15) is 9.18 Å². The number of hydrogen-bond acceptors (Lipinski definition) is 2. The molecule has 2 rings (SSSR count). The van der Waals surface area contributed by atoms with Gasteiger partial charge in [0.05, 0.1) is 5.02 Å². The third-order valence-corrected chi connectivity index (χ3v) is 3.63. The average molecular weight is 285 g/mol. The maximum Gasteiger partial charge on any atom is 0.244 e. The molecule has 0 saturated carbocycles. The molecule has 0 radical (unpaired) electrons. The van der Waals surface area contributed by atoms with Crippen molar-refractivity contribution in [2.45, 2.75) is 32.2 Å². The van der Waals surface area contributed by atoms with Crippen molar-refractivity contribution >= 4 is 23.2 Å². The van der Waals surface area contributed by atoms with E-state index in [1.165, 1.54) is 18.6 Å². The van der Waals surface area contributed by atoms with E-state index in [2.05, 4.69) is 5.32 Å². The highest BCUT2D eigenvalue weighted by molar-refractivity contribution is 6.31. The highest BCUT2D eigenvalue weighted by atomic mass is 35.5. The molecule has 1 unspecified atom stereocenters. The van der Waals surface area contributed by atoms with Crippen LogP contribution >= 0.6 is 11.6 Å². The minimum atomic E-state index is -0.456. The number of hydrogen-bond donors (Lipinski definition) is 1. The van der Waals surface area contributed by atoms with Crippen molar-refractivity contribution in [2.75, 3.05) is 18.4 Å². The number of piperidine rings is 1. The van der Waals surface area contributed by atoms with E-state index in [1.54, 1.807) is 6.07 Å². The second-order valence-electron chi connectivity index (χ2n) is 4.88. The second-order valence-corrected chi connectivity index (χ2v) is 5.29. The van der Waals surface area contributed by atoms with Gasteiger partial charge in [-0.2, -0.15) is 0 Å². The Bertz CT molecular complexity index is 461. The van der Waals surface area contributed by atoms with E-state index in [0.717, 1.165) is 25.9 Å². The number of halogens is 2. The topological polar surface area (TPSA) is 32.3 Å². The van der Waals surface area contributed by atoms with E-state index in [1.807, 2.05) is 11.8 Å². The van der Waals surface area contributed by atoms with Gasteiger partial charge in [-0.25, -0.2) is 4.39 Å². The molecule has 1 aliphatic rings. The molecule has 0 aromatic heterocycles. The molecule has 19 heavy (non-hydrogen) atoms. The van der Waals surface area contributed by atoms with Crippen molar-refractivity contribution in [2.24, 2.45) is 0 Å². The molecule has 3 nitrogen and oxygen atoms in total. The number of amides is 1. The lowest BCUT2D eigenvalue weighted by Crippen LogP contribution is -2.43. The minimum absolute atomic E-state index is 0.0580. The molecule has 1 aromatic rings. The van der Waals surface area contributed by atoms with E-state index in [0.29, 0.717) is 5.69 Å². The number of nitrogens with zero attached hydrogens (tertiary/aromatic N) is 1. The molecule has 1 amide bonds. The monoisotopic (exact) mass is 284 g/mol. The number of benzene rings is 1. The summed E-state index contributed by atoms with van der Waals surface area (Å²) in [6.45, 7) is 3.47. The maximum absolute atomic E-state index is 13.1. The SMILES string of the molecule is CC(Nc1ccc(F)c(Cl)c1)C(=O)N1CCCCC1. The maximum atomic E-state index is 13.1. The van der Waals surface area contributed by atoms with Gasteiger partial charge in [0, 0.05) is 18.8 Å². The molecular weight excluding hydrogens is 267 g/mol. The molecule has 0 spiro atoms. The molecular formula is C14H18ClFN2O. The normalized spacial score (nSPS) is 17.1. The first-order valence-corrected chi connectivity index (χ1v) is 6.96. The quantitative estimate of drug-likeness (QED) is 0.924. The van der Waals surface area contributed by atoms with Crippen LogP contribution in [0, 0.1) is 5.82 Å². The van der Waals surface area contributed by atoms with Crippen LogP contribution in [0.3, 0.4) is 0 Å². The van der Waals surface area contributed by atoms with Gasteiger partial charge in [-0.1, -0.05) is 11.6 Å². The molecule has 1 atom stereocenters. The Balaban J connectivity index is 1.97. The third-order valence-electron chi connectivity index (χ3n) is 3.34. The predicted octanol–water partition coefficient (Wildman–Crippen LogP) is 3.29. The molecule has 1 aromatic carbocycles. The molecule has 1 N–H and O–H groups in total. The standard InChI is InChI=1S/C14H18ClFN2O/c1-10(14(19)18-7-3-2-4-8-18)17-11-5-6-13(16)12(15)9-11/h5-6,9-10,17H,2-4,7-8H2,1H3. The average Bonchev–Trinajstić information content (AvgIpc) is 2.43. The van der Waals surface area contributed by atoms with Gasteiger partial charge < -0.3 is 10.2 Å². The van der Waals surface area contributed by atoms with Crippen LogP contribution in [-0.4, -0.2) is 29.9 Å². The van der Waals surface area contributed by atoms with Crippen LogP contribution in [0.5, 0.6) is 0 Å². The van der Waals surface area contributed by atoms with Crippen molar-refractivity contribution < 1.29 is 9.18 Å². The van der Waals surface area contributed by atoms with Crippen LogP contribution in [0.25, 0.3) is 0 Å². The van der Waals surface area contributed by atoms with Crippen molar-refractivity contribution in [3.05, 3.63) is 29.0 Å². The van der Waals surface area contributed by atoms with Gasteiger partial charge in [0.25, 0.3) is 0 Å². The summed E-state index contributed by atoms with van der Waals surface area (Å²) in [7, 11) is 0. The van der Waals surface area contributed by atoms with Crippen molar-refractivity contribution in [3.63, 3.8) is 0 Å². The first kappa shape index (κ1) is 14.1. The summed E-state index contributed by atoms with van der Waals surface area (Å²) in [5.74, 6) is -0.373. The van der Waals surface area contributed by atoms with Crippen LogP contribution in [0.2, 0.25) is 5.02 Å². The van der Waals surface area contributed by atoms with Gasteiger partial charge in [0.2, 0.25) is 5.91 Å². The summed E-state index contributed by atoms with van der Waals surface area (Å²) in [6.07, 6.45) is 3.33. The number of carbonyl (C=O) groups excluding carboxylic acids is 1. The third kappa shape index (κ3) is 3.60. The van der Waals surface area contributed by atoms with Crippen LogP contribution in [0.1, 0.15) is 26.2 Å². The molecule has 0 aliphatic carbocycles. The lowest BCUT2D eigenvalue weighted by molar-refractivity contribution is -0.132. The number of rotatable bonds is 3. The fourth-order valence-electron chi connectivity index (χ4n) is 2.29. The van der Waals surface area contributed by atoms with Gasteiger partial charge in [-0.3, -0.25) is 4.79 Å². The van der Waals surface area contributed by atoms with Crippen molar-refractivity contribution in [1.29, 1.82) is 0 Å². The fraction of sp³-hybridized carbons (Fsp3) is 0.500. The highest BCUT2D eigenvalue weighted by Gasteiger charge is 2.21. The zero-order valence-electron chi connectivity index (χ0n) is 11.0. The summed E-state index contributed by atoms with van der Waals surface area (Å²) < 4.78 is 13.1. The molecule has 1 saturated heterocycles. The fourth-order valence-corrected chi connectivity index (χ4v) is 2.47. The Morgan fingerprint density at radius 3 is 2.68 bits per heavy atom. The van der Waals surface area contributed by atoms with E-state index in [-0.39, 0.29) is 17.0 Å². The van der Waals surface area contributed by atoms with Crippen LogP contribution in [0.4, 0.5) is 10.1 Å². The second kappa shape index (κ2) is 6.24. The molecule has 1 fully saturated rings. The van der Waals surface area contributed by atoms with Gasteiger partial charge in [0.15, 0.2) is 0 Å². The Labute approximate surface area is 117 Å². The zero-order chi connectivity index (χ0) is 13.8. The zero-order valence-corrected chi connectivity index (χ0v) is 11.7. The minimum Gasteiger partial charge on any atom is -0.374 e. The van der Waals surface area contributed by atoms with Gasteiger partial charge >= 0.3 is 0 Å². The smallest absolute Gasteiger partial charge is 0.244 e. The molecule has 5 heteroatoms. The Morgan fingerprint density at radius 2 is 2.05 bits per heavy atom. The highest BCUT2D eigenvalue weighted by Crippen LogP contribution is 2.20. The molecule has 1 aliphatic heterocycles.